The zero-order chi connectivity index (χ0) is 20.0. The second-order valence-electron chi connectivity index (χ2n) is 6.77. The molecule has 0 saturated heterocycles. The van der Waals surface area contributed by atoms with Crippen molar-refractivity contribution in [2.24, 2.45) is 12.0 Å². The number of aryl methyl sites for hydroxylation is 2. The second kappa shape index (κ2) is 9.21. The molecule has 2 N–H and O–H groups in total. The van der Waals surface area contributed by atoms with Crippen molar-refractivity contribution in [2.45, 2.75) is 26.8 Å². The van der Waals surface area contributed by atoms with E-state index in [2.05, 4.69) is 27.6 Å². The summed E-state index contributed by atoms with van der Waals surface area (Å²) in [4.78, 5) is 17.8. The molecule has 0 radical (unpaired) electrons. The second-order valence-corrected chi connectivity index (χ2v) is 6.77. The Labute approximate surface area is 161 Å². The first kappa shape index (κ1) is 20.5. The quantitative estimate of drug-likeness (QED) is 0.599. The van der Waals surface area contributed by atoms with Crippen LogP contribution in [-0.2, 0) is 20.0 Å². The Bertz CT molecular complexity index is 805. The third-order valence-electron chi connectivity index (χ3n) is 4.62. The minimum atomic E-state index is 0.00738. The number of nitrogens with one attached hydrogen (secondary N) is 2. The van der Waals surface area contributed by atoms with E-state index in [4.69, 9.17) is 0 Å². The van der Waals surface area contributed by atoms with Gasteiger partial charge in [0, 0.05) is 52.5 Å². The molecule has 0 spiro atoms. The summed E-state index contributed by atoms with van der Waals surface area (Å²) in [6, 6.07) is 7.62. The number of guanidine groups is 1. The van der Waals surface area contributed by atoms with Gasteiger partial charge >= 0.3 is 0 Å². The average molecular weight is 371 g/mol. The Morgan fingerprint density at radius 1 is 1.19 bits per heavy atom. The first-order chi connectivity index (χ1) is 12.8. The van der Waals surface area contributed by atoms with Gasteiger partial charge in [0.1, 0.15) is 0 Å². The Hall–Kier alpha value is -2.83. The fourth-order valence-electron chi connectivity index (χ4n) is 2.91. The fraction of sp³-hybridized carbons (Fsp3) is 0.450. The first-order valence-corrected chi connectivity index (χ1v) is 9.07. The van der Waals surface area contributed by atoms with Crippen LogP contribution >= 0.6 is 0 Å². The van der Waals surface area contributed by atoms with Crippen LogP contribution in [0, 0.1) is 13.8 Å². The first-order valence-electron chi connectivity index (χ1n) is 9.07. The Kier molecular flexibility index (Phi) is 6.98. The van der Waals surface area contributed by atoms with Crippen molar-refractivity contribution >= 4 is 11.9 Å². The predicted molar refractivity (Wildman–Crippen MR) is 109 cm³/mol. The molecule has 0 unspecified atom stereocenters. The molecule has 146 valence electrons. The molecule has 1 heterocycles. The number of rotatable bonds is 6. The van der Waals surface area contributed by atoms with Gasteiger partial charge in [0.25, 0.3) is 5.91 Å². The van der Waals surface area contributed by atoms with E-state index in [1.165, 1.54) is 11.3 Å². The highest BCUT2D eigenvalue weighted by atomic mass is 16.2. The molecule has 0 saturated carbocycles. The van der Waals surface area contributed by atoms with E-state index in [1.807, 2.05) is 42.9 Å². The number of amides is 1. The lowest BCUT2D eigenvalue weighted by Gasteiger charge is -2.13. The van der Waals surface area contributed by atoms with Crippen LogP contribution in [-0.4, -0.2) is 54.2 Å². The molecular weight excluding hydrogens is 340 g/mol. The number of hydrogen-bond acceptors (Lipinski definition) is 3. The fourth-order valence-corrected chi connectivity index (χ4v) is 2.91. The highest BCUT2D eigenvalue weighted by Crippen LogP contribution is 2.11. The lowest BCUT2D eigenvalue weighted by molar-refractivity contribution is 0.0827. The standard InChI is InChI=1S/C20H30N6O/c1-14-18(15(2)26(6)24-14)11-12-22-20(21-3)23-13-16-7-9-17(10-8-16)19(27)25(4)5/h7-10H,11-13H2,1-6H3,(H2,21,22,23). The molecule has 1 amide bonds. The Morgan fingerprint density at radius 3 is 2.37 bits per heavy atom. The number of aromatic nitrogens is 2. The molecule has 1 aromatic heterocycles. The van der Waals surface area contributed by atoms with Crippen molar-refractivity contribution in [3.8, 4) is 0 Å². The van der Waals surface area contributed by atoms with Crippen LogP contribution in [0.25, 0.3) is 0 Å². The highest BCUT2D eigenvalue weighted by molar-refractivity contribution is 5.93. The summed E-state index contributed by atoms with van der Waals surface area (Å²) in [5, 5.41) is 11.1. The SMILES string of the molecule is CN=C(NCCc1c(C)nn(C)c1C)NCc1ccc(C(=O)N(C)C)cc1. The van der Waals surface area contributed by atoms with Crippen molar-refractivity contribution in [2.75, 3.05) is 27.7 Å². The number of benzene rings is 1. The molecule has 0 bridgehead atoms. The lowest BCUT2D eigenvalue weighted by Crippen LogP contribution is -2.37. The normalized spacial score (nSPS) is 11.4. The van der Waals surface area contributed by atoms with E-state index >= 15 is 0 Å². The van der Waals surface area contributed by atoms with E-state index in [0.717, 1.165) is 30.2 Å². The minimum Gasteiger partial charge on any atom is -0.356 e. The minimum absolute atomic E-state index is 0.00738. The van der Waals surface area contributed by atoms with Gasteiger partial charge in [-0.15, -0.1) is 0 Å². The van der Waals surface area contributed by atoms with Crippen molar-refractivity contribution in [1.82, 2.24) is 25.3 Å². The maximum atomic E-state index is 11.9. The summed E-state index contributed by atoms with van der Waals surface area (Å²) >= 11 is 0. The number of carbonyl (C=O) groups excluding carboxylic acids is 1. The van der Waals surface area contributed by atoms with Gasteiger partial charge < -0.3 is 15.5 Å². The average Bonchev–Trinajstić information content (AvgIpc) is 2.90. The van der Waals surface area contributed by atoms with E-state index in [-0.39, 0.29) is 5.91 Å². The summed E-state index contributed by atoms with van der Waals surface area (Å²) in [6.45, 7) is 5.55. The van der Waals surface area contributed by atoms with Gasteiger partial charge in [-0.25, -0.2) is 0 Å². The summed E-state index contributed by atoms with van der Waals surface area (Å²) in [5.41, 5.74) is 5.33. The maximum Gasteiger partial charge on any atom is 0.253 e. The monoisotopic (exact) mass is 370 g/mol. The van der Waals surface area contributed by atoms with E-state index in [0.29, 0.717) is 12.1 Å². The van der Waals surface area contributed by atoms with Gasteiger partial charge in [-0.3, -0.25) is 14.5 Å². The van der Waals surface area contributed by atoms with Gasteiger partial charge in [-0.2, -0.15) is 5.10 Å². The van der Waals surface area contributed by atoms with Crippen LogP contribution in [0.2, 0.25) is 0 Å². The van der Waals surface area contributed by atoms with Crippen LogP contribution in [0.1, 0.15) is 32.9 Å². The van der Waals surface area contributed by atoms with Gasteiger partial charge in [-0.1, -0.05) is 12.1 Å². The van der Waals surface area contributed by atoms with Crippen molar-refractivity contribution in [3.05, 3.63) is 52.3 Å². The third kappa shape index (κ3) is 5.32. The number of hydrogen-bond donors (Lipinski definition) is 2. The van der Waals surface area contributed by atoms with E-state index in [1.54, 1.807) is 26.0 Å². The zero-order valence-electron chi connectivity index (χ0n) is 17.1. The number of nitrogens with zero attached hydrogens (tertiary/aromatic N) is 4. The largest absolute Gasteiger partial charge is 0.356 e. The summed E-state index contributed by atoms with van der Waals surface area (Å²) < 4.78 is 1.92. The number of aliphatic imine (C=N–C) groups is 1. The molecule has 7 heteroatoms. The smallest absolute Gasteiger partial charge is 0.253 e. The summed E-state index contributed by atoms with van der Waals surface area (Å²) in [7, 11) is 7.23. The third-order valence-corrected chi connectivity index (χ3v) is 4.62. The Morgan fingerprint density at radius 2 is 1.85 bits per heavy atom. The molecule has 7 nitrogen and oxygen atoms in total. The summed E-state index contributed by atoms with van der Waals surface area (Å²) in [5.74, 6) is 0.760. The topological polar surface area (TPSA) is 74.5 Å². The van der Waals surface area contributed by atoms with Crippen LogP contribution in [0.15, 0.2) is 29.3 Å². The number of carbonyl (C=O) groups is 1. The molecule has 0 aliphatic heterocycles. The molecule has 0 atom stereocenters. The molecule has 0 aliphatic carbocycles. The van der Waals surface area contributed by atoms with E-state index < -0.39 is 0 Å². The molecule has 0 aliphatic rings. The molecule has 27 heavy (non-hydrogen) atoms. The van der Waals surface area contributed by atoms with Crippen LogP contribution < -0.4 is 10.6 Å². The molecule has 2 rings (SSSR count). The van der Waals surface area contributed by atoms with Gasteiger partial charge in [0.15, 0.2) is 5.96 Å². The van der Waals surface area contributed by atoms with Crippen molar-refractivity contribution in [1.29, 1.82) is 0 Å². The van der Waals surface area contributed by atoms with Gasteiger partial charge in [0.05, 0.1) is 5.69 Å². The van der Waals surface area contributed by atoms with Crippen LogP contribution in [0.3, 0.4) is 0 Å². The molecular formula is C20H30N6O. The predicted octanol–water partition coefficient (Wildman–Crippen LogP) is 1.65. The highest BCUT2D eigenvalue weighted by Gasteiger charge is 2.09. The van der Waals surface area contributed by atoms with Crippen molar-refractivity contribution < 1.29 is 4.79 Å². The zero-order valence-corrected chi connectivity index (χ0v) is 17.1. The van der Waals surface area contributed by atoms with Crippen LogP contribution in [0.5, 0.6) is 0 Å². The summed E-state index contributed by atoms with van der Waals surface area (Å²) in [6.07, 6.45) is 0.896. The molecule has 0 fully saturated rings. The molecule has 1 aromatic carbocycles. The molecule has 2 aromatic rings. The van der Waals surface area contributed by atoms with Gasteiger partial charge in [-0.05, 0) is 43.5 Å². The lowest BCUT2D eigenvalue weighted by atomic mass is 10.1. The van der Waals surface area contributed by atoms with Crippen molar-refractivity contribution in [3.63, 3.8) is 0 Å². The maximum absolute atomic E-state index is 11.9. The Balaban J connectivity index is 1.84. The van der Waals surface area contributed by atoms with E-state index in [9.17, 15) is 4.79 Å². The van der Waals surface area contributed by atoms with Gasteiger partial charge in [0.2, 0.25) is 0 Å². The van der Waals surface area contributed by atoms with Crippen LogP contribution in [0.4, 0.5) is 0 Å².